The summed E-state index contributed by atoms with van der Waals surface area (Å²) in [7, 11) is 0. The van der Waals surface area contributed by atoms with Crippen molar-refractivity contribution in [2.24, 2.45) is 0 Å². The Morgan fingerprint density at radius 3 is 2.67 bits per heavy atom. The van der Waals surface area contributed by atoms with Gasteiger partial charge in [-0.1, -0.05) is 6.92 Å². The number of nitro groups is 1. The third kappa shape index (κ3) is 5.07. The molecule has 0 spiro atoms. The predicted molar refractivity (Wildman–Crippen MR) is 78.7 cm³/mol. The van der Waals surface area contributed by atoms with Gasteiger partial charge < -0.3 is 10.4 Å². The molecule has 1 aromatic carbocycles. The van der Waals surface area contributed by atoms with Crippen LogP contribution in [0.3, 0.4) is 0 Å². The highest BCUT2D eigenvalue weighted by atomic mass is 32.2. The Hall–Kier alpha value is -2.09. The van der Waals surface area contributed by atoms with Crippen LogP contribution >= 0.6 is 11.8 Å². The van der Waals surface area contributed by atoms with Gasteiger partial charge in [0.1, 0.15) is 0 Å². The van der Waals surface area contributed by atoms with E-state index in [9.17, 15) is 19.7 Å². The van der Waals surface area contributed by atoms with Crippen LogP contribution in [0.1, 0.15) is 30.6 Å². The zero-order valence-electron chi connectivity index (χ0n) is 11.7. The Labute approximate surface area is 125 Å². The van der Waals surface area contributed by atoms with Gasteiger partial charge >= 0.3 is 5.97 Å². The van der Waals surface area contributed by atoms with Gasteiger partial charge in [0.05, 0.1) is 16.2 Å². The number of hydrogen-bond acceptors (Lipinski definition) is 5. The van der Waals surface area contributed by atoms with E-state index >= 15 is 0 Å². The molecule has 7 nitrogen and oxygen atoms in total. The highest BCUT2D eigenvalue weighted by Gasteiger charge is 2.20. The summed E-state index contributed by atoms with van der Waals surface area (Å²) in [6.07, 6.45) is -0.0973. The van der Waals surface area contributed by atoms with E-state index in [2.05, 4.69) is 5.32 Å². The monoisotopic (exact) mass is 312 g/mol. The first kappa shape index (κ1) is 17.0. The van der Waals surface area contributed by atoms with Gasteiger partial charge in [-0.25, -0.2) is 0 Å². The van der Waals surface area contributed by atoms with E-state index in [0.717, 1.165) is 11.8 Å². The molecule has 21 heavy (non-hydrogen) atoms. The van der Waals surface area contributed by atoms with Crippen molar-refractivity contribution in [1.29, 1.82) is 0 Å². The number of carboxylic acids is 1. The number of carbonyl (C=O) groups excluding carboxylic acids is 1. The summed E-state index contributed by atoms with van der Waals surface area (Å²) in [5, 5.41) is 22.1. The van der Waals surface area contributed by atoms with Crippen molar-refractivity contribution in [1.82, 2.24) is 5.32 Å². The zero-order chi connectivity index (χ0) is 16.0. The van der Waals surface area contributed by atoms with E-state index in [-0.39, 0.29) is 28.8 Å². The summed E-state index contributed by atoms with van der Waals surface area (Å²) in [5.41, 5.74) is 0.0137. The fourth-order valence-corrected chi connectivity index (χ4v) is 2.73. The number of hydrogen-bond donors (Lipinski definition) is 2. The zero-order valence-corrected chi connectivity index (χ0v) is 12.5. The maximum atomic E-state index is 11.7. The second-order valence-corrected chi connectivity index (χ2v) is 5.81. The number of carbonyl (C=O) groups is 2. The number of carboxylic acid groups (broad SMARTS) is 1. The summed E-state index contributed by atoms with van der Waals surface area (Å²) >= 11 is 1.11. The van der Waals surface area contributed by atoms with E-state index < -0.39 is 10.9 Å². The molecule has 0 aromatic heterocycles. The van der Waals surface area contributed by atoms with E-state index in [0.29, 0.717) is 11.4 Å². The van der Waals surface area contributed by atoms with Crippen LogP contribution in [0.2, 0.25) is 0 Å². The Morgan fingerprint density at radius 2 is 2.14 bits per heavy atom. The summed E-state index contributed by atoms with van der Waals surface area (Å²) < 4.78 is 0. The van der Waals surface area contributed by atoms with Crippen LogP contribution < -0.4 is 5.32 Å². The van der Waals surface area contributed by atoms with Gasteiger partial charge in [-0.05, 0) is 19.1 Å². The highest BCUT2D eigenvalue weighted by Crippen LogP contribution is 2.33. The lowest BCUT2D eigenvalue weighted by molar-refractivity contribution is -0.387. The molecule has 2 N–H and O–H groups in total. The van der Waals surface area contributed by atoms with Crippen molar-refractivity contribution < 1.29 is 19.6 Å². The molecule has 1 rings (SSSR count). The Kier molecular flexibility index (Phi) is 6.16. The highest BCUT2D eigenvalue weighted by molar-refractivity contribution is 8.00. The van der Waals surface area contributed by atoms with Gasteiger partial charge in [-0.2, -0.15) is 0 Å². The summed E-state index contributed by atoms with van der Waals surface area (Å²) in [6.45, 7) is 3.86. The largest absolute Gasteiger partial charge is 0.481 e. The van der Waals surface area contributed by atoms with Gasteiger partial charge in [0.25, 0.3) is 11.6 Å². The third-order valence-electron chi connectivity index (χ3n) is 2.55. The van der Waals surface area contributed by atoms with Crippen molar-refractivity contribution in [3.8, 4) is 0 Å². The third-order valence-corrected chi connectivity index (χ3v) is 3.71. The first-order chi connectivity index (χ1) is 9.85. The smallest absolute Gasteiger partial charge is 0.304 e. The molecule has 0 aliphatic heterocycles. The molecule has 1 atom stereocenters. The van der Waals surface area contributed by atoms with Gasteiger partial charge in [0.2, 0.25) is 0 Å². The van der Waals surface area contributed by atoms with Crippen molar-refractivity contribution in [3.05, 3.63) is 33.9 Å². The summed E-state index contributed by atoms with van der Waals surface area (Å²) in [4.78, 5) is 33.2. The molecule has 0 aliphatic rings. The van der Waals surface area contributed by atoms with Crippen LogP contribution in [0.15, 0.2) is 23.1 Å². The van der Waals surface area contributed by atoms with Gasteiger partial charge in [-0.3, -0.25) is 19.7 Å². The van der Waals surface area contributed by atoms with Crippen molar-refractivity contribution >= 4 is 29.3 Å². The Bertz CT molecular complexity index is 561. The molecule has 1 amide bonds. The molecule has 0 bridgehead atoms. The van der Waals surface area contributed by atoms with Crippen LogP contribution in [-0.4, -0.2) is 33.7 Å². The topological polar surface area (TPSA) is 110 Å². The van der Waals surface area contributed by atoms with Crippen LogP contribution in [0.25, 0.3) is 0 Å². The number of nitrogens with one attached hydrogen (secondary N) is 1. The number of nitro benzene ring substituents is 1. The van der Waals surface area contributed by atoms with Crippen LogP contribution in [-0.2, 0) is 4.79 Å². The number of rotatable bonds is 7. The van der Waals surface area contributed by atoms with E-state index in [1.165, 1.54) is 18.2 Å². The van der Waals surface area contributed by atoms with Gasteiger partial charge in [0, 0.05) is 23.4 Å². The quantitative estimate of drug-likeness (QED) is 0.454. The standard InChI is InChI=1S/C13H16N2O5S/c1-3-14-13(18)9-4-5-11(10(7-9)15(19)20)21-8(2)6-12(16)17/h4-5,7-8H,3,6H2,1-2H3,(H,14,18)(H,16,17). The first-order valence-electron chi connectivity index (χ1n) is 6.30. The average Bonchev–Trinajstić information content (AvgIpc) is 2.38. The number of benzene rings is 1. The molecule has 114 valence electrons. The number of nitrogens with zero attached hydrogens (tertiary/aromatic N) is 1. The van der Waals surface area contributed by atoms with Crippen molar-refractivity contribution in [2.75, 3.05) is 6.54 Å². The molecular formula is C13H16N2O5S. The van der Waals surface area contributed by atoms with Gasteiger partial charge in [-0.15, -0.1) is 11.8 Å². The Morgan fingerprint density at radius 1 is 1.48 bits per heavy atom. The van der Waals surface area contributed by atoms with Crippen LogP contribution in [0.4, 0.5) is 5.69 Å². The number of amides is 1. The predicted octanol–water partition coefficient (Wildman–Crippen LogP) is 2.30. The van der Waals surface area contributed by atoms with E-state index in [4.69, 9.17) is 5.11 Å². The average molecular weight is 312 g/mol. The fourth-order valence-electron chi connectivity index (χ4n) is 1.67. The molecule has 0 saturated carbocycles. The SMILES string of the molecule is CCNC(=O)c1ccc(SC(C)CC(=O)O)c([N+](=O)[O-])c1. The maximum Gasteiger partial charge on any atom is 0.304 e. The normalized spacial score (nSPS) is 11.7. The molecule has 0 fully saturated rings. The molecule has 0 radical (unpaired) electrons. The summed E-state index contributed by atoms with van der Waals surface area (Å²) in [5.74, 6) is -1.34. The lowest BCUT2D eigenvalue weighted by Gasteiger charge is -2.10. The van der Waals surface area contributed by atoms with Crippen molar-refractivity contribution in [2.45, 2.75) is 30.4 Å². The molecule has 0 saturated heterocycles. The second-order valence-electron chi connectivity index (χ2n) is 4.33. The minimum absolute atomic E-state index is 0.0973. The molecule has 1 unspecified atom stereocenters. The van der Waals surface area contributed by atoms with E-state index in [1.54, 1.807) is 13.8 Å². The maximum absolute atomic E-state index is 11.7. The summed E-state index contributed by atoms with van der Waals surface area (Å²) in [6, 6.07) is 4.18. The van der Waals surface area contributed by atoms with E-state index in [1.807, 2.05) is 0 Å². The second kappa shape index (κ2) is 7.63. The fraction of sp³-hybridized carbons (Fsp3) is 0.385. The molecule has 0 heterocycles. The molecule has 8 heteroatoms. The lowest BCUT2D eigenvalue weighted by atomic mass is 10.2. The minimum Gasteiger partial charge on any atom is -0.481 e. The van der Waals surface area contributed by atoms with Gasteiger partial charge in [0.15, 0.2) is 0 Å². The van der Waals surface area contributed by atoms with Crippen molar-refractivity contribution in [3.63, 3.8) is 0 Å². The molecular weight excluding hydrogens is 296 g/mol. The van der Waals surface area contributed by atoms with Crippen LogP contribution in [0, 0.1) is 10.1 Å². The minimum atomic E-state index is -0.961. The lowest BCUT2D eigenvalue weighted by Crippen LogP contribution is -2.22. The Balaban J connectivity index is 3.02. The number of aliphatic carboxylic acids is 1. The first-order valence-corrected chi connectivity index (χ1v) is 7.18. The molecule has 0 aliphatic carbocycles. The van der Waals surface area contributed by atoms with Crippen LogP contribution in [0.5, 0.6) is 0 Å². The molecule has 1 aromatic rings. The number of thioether (sulfide) groups is 1.